The minimum Gasteiger partial charge on any atom is -0.381 e. The molecule has 27 heavy (non-hydrogen) atoms. The number of nitrogens with one attached hydrogen (secondary N) is 1. The van der Waals surface area contributed by atoms with Crippen molar-refractivity contribution in [3.8, 4) is 11.3 Å². The van der Waals surface area contributed by atoms with Crippen molar-refractivity contribution < 1.29 is 9.53 Å². The lowest BCUT2D eigenvalue weighted by Crippen LogP contribution is -2.30. The zero-order valence-electron chi connectivity index (χ0n) is 14.8. The molecule has 4 rings (SSSR count). The number of carbonyl (C=O) groups is 1. The van der Waals surface area contributed by atoms with E-state index < -0.39 is 5.91 Å². The molecule has 0 aliphatic carbocycles. The van der Waals surface area contributed by atoms with Gasteiger partial charge in [-0.05, 0) is 36.2 Å². The van der Waals surface area contributed by atoms with E-state index in [-0.39, 0.29) is 0 Å². The van der Waals surface area contributed by atoms with Crippen molar-refractivity contribution in [1.82, 2.24) is 10.2 Å². The molecule has 0 spiro atoms. The summed E-state index contributed by atoms with van der Waals surface area (Å²) in [5, 5.41) is 11.9. The molecular formula is C21H20N4O2. The van der Waals surface area contributed by atoms with Crippen LogP contribution in [0.15, 0.2) is 60.7 Å². The van der Waals surface area contributed by atoms with Crippen LogP contribution < -0.4 is 11.1 Å². The van der Waals surface area contributed by atoms with Gasteiger partial charge in [0.2, 0.25) is 5.91 Å². The van der Waals surface area contributed by atoms with Crippen LogP contribution in [0.1, 0.15) is 15.9 Å². The van der Waals surface area contributed by atoms with Crippen LogP contribution in [-0.2, 0) is 11.2 Å². The van der Waals surface area contributed by atoms with Crippen LogP contribution in [0.25, 0.3) is 11.3 Å². The Balaban J connectivity index is 1.60. The maximum absolute atomic E-state index is 11.9. The SMILES string of the molecule is NC(=O)c1cccc(Nc2ccc(-c3ccccc3)nn2)c1CC1COC1. The molecule has 1 fully saturated rings. The second-order valence-corrected chi connectivity index (χ2v) is 6.60. The molecule has 0 bridgehead atoms. The number of nitrogens with zero attached hydrogens (tertiary/aromatic N) is 2. The fraction of sp³-hybridized carbons (Fsp3) is 0.190. The summed E-state index contributed by atoms with van der Waals surface area (Å²) < 4.78 is 5.26. The van der Waals surface area contributed by atoms with Crippen LogP contribution in [-0.4, -0.2) is 29.3 Å². The van der Waals surface area contributed by atoms with Crippen molar-refractivity contribution in [3.05, 3.63) is 71.8 Å². The van der Waals surface area contributed by atoms with Gasteiger partial charge < -0.3 is 15.8 Å². The minimum absolute atomic E-state index is 0.401. The Morgan fingerprint density at radius 1 is 1.04 bits per heavy atom. The number of nitrogens with two attached hydrogens (primary N) is 1. The maximum Gasteiger partial charge on any atom is 0.249 e. The molecule has 1 amide bonds. The lowest BCUT2D eigenvalue weighted by Gasteiger charge is -2.27. The molecule has 6 heteroatoms. The number of ether oxygens (including phenoxy) is 1. The first-order valence-electron chi connectivity index (χ1n) is 8.86. The number of aromatic nitrogens is 2. The van der Waals surface area contributed by atoms with Crippen LogP contribution in [0, 0.1) is 5.92 Å². The second-order valence-electron chi connectivity index (χ2n) is 6.60. The zero-order valence-corrected chi connectivity index (χ0v) is 14.8. The predicted octanol–water partition coefficient (Wildman–Crippen LogP) is 3.18. The first-order chi connectivity index (χ1) is 13.2. The topological polar surface area (TPSA) is 90.1 Å². The standard InChI is InChI=1S/C21H20N4O2/c22-21(26)16-7-4-8-19(17(16)11-14-12-27-13-14)23-20-10-9-18(24-25-20)15-5-2-1-3-6-15/h1-10,14H,11-13H2,(H2,22,26)(H,23,25). The Morgan fingerprint density at radius 2 is 1.85 bits per heavy atom. The Labute approximate surface area is 157 Å². The highest BCUT2D eigenvalue weighted by atomic mass is 16.5. The fourth-order valence-corrected chi connectivity index (χ4v) is 3.15. The van der Waals surface area contributed by atoms with E-state index in [1.165, 1.54) is 0 Å². The average molecular weight is 360 g/mol. The summed E-state index contributed by atoms with van der Waals surface area (Å²) in [6.45, 7) is 1.41. The van der Waals surface area contributed by atoms with Crippen molar-refractivity contribution in [2.45, 2.75) is 6.42 Å². The summed E-state index contributed by atoms with van der Waals surface area (Å²) in [5.74, 6) is 0.583. The van der Waals surface area contributed by atoms with Crippen LogP contribution in [0.3, 0.4) is 0 Å². The van der Waals surface area contributed by atoms with Crippen LogP contribution in [0.4, 0.5) is 11.5 Å². The molecule has 3 N–H and O–H groups in total. The molecule has 0 unspecified atom stereocenters. The predicted molar refractivity (Wildman–Crippen MR) is 104 cm³/mol. The van der Waals surface area contributed by atoms with Gasteiger partial charge in [-0.1, -0.05) is 36.4 Å². The molecule has 0 atom stereocenters. The van der Waals surface area contributed by atoms with Crippen molar-refractivity contribution >= 4 is 17.4 Å². The van der Waals surface area contributed by atoms with Gasteiger partial charge in [0.1, 0.15) is 0 Å². The normalized spacial score (nSPS) is 13.8. The molecule has 0 radical (unpaired) electrons. The number of hydrogen-bond donors (Lipinski definition) is 2. The smallest absolute Gasteiger partial charge is 0.249 e. The number of anilines is 2. The van der Waals surface area contributed by atoms with Crippen molar-refractivity contribution in [3.63, 3.8) is 0 Å². The molecular weight excluding hydrogens is 340 g/mol. The number of hydrogen-bond acceptors (Lipinski definition) is 5. The largest absolute Gasteiger partial charge is 0.381 e. The lowest BCUT2D eigenvalue weighted by molar-refractivity contribution is -0.0312. The Kier molecular flexibility index (Phi) is 4.80. The van der Waals surface area contributed by atoms with E-state index in [1.54, 1.807) is 6.07 Å². The van der Waals surface area contributed by atoms with E-state index in [2.05, 4.69) is 15.5 Å². The van der Waals surface area contributed by atoms with E-state index in [0.717, 1.165) is 28.9 Å². The van der Waals surface area contributed by atoms with Crippen LogP contribution in [0.5, 0.6) is 0 Å². The molecule has 3 aromatic rings. The molecule has 136 valence electrons. The third-order valence-corrected chi connectivity index (χ3v) is 4.64. The van der Waals surface area contributed by atoms with Gasteiger partial charge in [0.05, 0.1) is 18.9 Å². The summed E-state index contributed by atoms with van der Waals surface area (Å²) in [6, 6.07) is 19.2. The fourth-order valence-electron chi connectivity index (χ4n) is 3.15. The van der Waals surface area contributed by atoms with Gasteiger partial charge in [0, 0.05) is 22.7 Å². The van der Waals surface area contributed by atoms with Gasteiger partial charge in [-0.15, -0.1) is 10.2 Å². The second kappa shape index (κ2) is 7.55. The van der Waals surface area contributed by atoms with Gasteiger partial charge in [-0.25, -0.2) is 0 Å². The third-order valence-electron chi connectivity index (χ3n) is 4.64. The van der Waals surface area contributed by atoms with Crippen molar-refractivity contribution in [2.24, 2.45) is 11.7 Å². The number of benzene rings is 2. The maximum atomic E-state index is 11.9. The molecule has 1 aromatic heterocycles. The number of carbonyl (C=O) groups excluding carboxylic acids is 1. The van der Waals surface area contributed by atoms with Gasteiger partial charge in [-0.3, -0.25) is 4.79 Å². The first-order valence-corrected chi connectivity index (χ1v) is 8.86. The van der Waals surface area contributed by atoms with E-state index in [9.17, 15) is 4.79 Å². The number of primary amides is 1. The van der Waals surface area contributed by atoms with Gasteiger partial charge >= 0.3 is 0 Å². The number of rotatable bonds is 6. The van der Waals surface area contributed by atoms with Gasteiger partial charge in [-0.2, -0.15) is 0 Å². The van der Waals surface area contributed by atoms with E-state index in [1.807, 2.05) is 54.6 Å². The molecule has 2 heterocycles. The van der Waals surface area contributed by atoms with Crippen LogP contribution in [0.2, 0.25) is 0 Å². The Bertz CT molecular complexity index is 938. The summed E-state index contributed by atoms with van der Waals surface area (Å²) in [7, 11) is 0. The van der Waals surface area contributed by atoms with E-state index in [4.69, 9.17) is 10.5 Å². The van der Waals surface area contributed by atoms with E-state index >= 15 is 0 Å². The average Bonchev–Trinajstić information content (AvgIpc) is 2.66. The Hall–Kier alpha value is -3.25. The summed E-state index contributed by atoms with van der Waals surface area (Å²) in [4.78, 5) is 11.9. The lowest BCUT2D eigenvalue weighted by atomic mass is 9.92. The van der Waals surface area contributed by atoms with Gasteiger partial charge in [0.25, 0.3) is 0 Å². The molecule has 1 aliphatic rings. The summed E-state index contributed by atoms with van der Waals surface area (Å²) in [6.07, 6.45) is 0.733. The van der Waals surface area contributed by atoms with Crippen LogP contribution >= 0.6 is 0 Å². The third kappa shape index (κ3) is 3.80. The van der Waals surface area contributed by atoms with Gasteiger partial charge in [0.15, 0.2) is 5.82 Å². The summed E-state index contributed by atoms with van der Waals surface area (Å²) >= 11 is 0. The Morgan fingerprint density at radius 3 is 2.48 bits per heavy atom. The highest BCUT2D eigenvalue weighted by Crippen LogP contribution is 2.28. The summed E-state index contributed by atoms with van der Waals surface area (Å²) in [5.41, 5.74) is 9.63. The van der Waals surface area contributed by atoms with Crippen molar-refractivity contribution in [2.75, 3.05) is 18.5 Å². The zero-order chi connectivity index (χ0) is 18.6. The number of amides is 1. The highest BCUT2D eigenvalue weighted by molar-refractivity contribution is 5.96. The van der Waals surface area contributed by atoms with Crippen molar-refractivity contribution in [1.29, 1.82) is 0 Å². The van der Waals surface area contributed by atoms with E-state index in [0.29, 0.717) is 30.5 Å². The molecule has 1 saturated heterocycles. The molecule has 1 aliphatic heterocycles. The molecule has 6 nitrogen and oxygen atoms in total. The minimum atomic E-state index is -0.431. The highest BCUT2D eigenvalue weighted by Gasteiger charge is 2.23. The monoisotopic (exact) mass is 360 g/mol. The molecule has 2 aromatic carbocycles. The quantitative estimate of drug-likeness (QED) is 0.705. The first kappa shape index (κ1) is 17.2. The molecule has 0 saturated carbocycles.